The molecule has 0 fully saturated rings. The van der Waals surface area contributed by atoms with Crippen LogP contribution >= 0.6 is 15.8 Å². The molecule has 146 valence electrons. The van der Waals surface area contributed by atoms with Gasteiger partial charge in [0.2, 0.25) is 0 Å². The van der Waals surface area contributed by atoms with Crippen molar-refractivity contribution < 1.29 is 64.4 Å². The molecule has 0 bridgehead atoms. The quantitative estimate of drug-likeness (QED) is 0.250. The summed E-state index contributed by atoms with van der Waals surface area (Å²) in [5, 5.41) is 1.85. The van der Waals surface area contributed by atoms with Crippen LogP contribution in [0.25, 0.3) is 0 Å². The summed E-state index contributed by atoms with van der Waals surface area (Å²) >= 11 is 0. The van der Waals surface area contributed by atoms with Crippen LogP contribution in [-0.4, -0.2) is 32.9 Å². The number of halogens is 2. The van der Waals surface area contributed by atoms with Crippen molar-refractivity contribution in [2.24, 2.45) is 0 Å². The molecule has 0 unspecified atom stereocenters. The van der Waals surface area contributed by atoms with Crippen LogP contribution in [0.3, 0.4) is 0 Å². The molecule has 0 heterocycles. The number of hydrogen-bond acceptors (Lipinski definition) is 0. The van der Waals surface area contributed by atoms with Gasteiger partial charge in [-0.2, -0.15) is 0 Å². The predicted molar refractivity (Wildman–Crippen MR) is 103 cm³/mol. The van der Waals surface area contributed by atoms with Gasteiger partial charge in [-0.3, -0.25) is 0 Å². The summed E-state index contributed by atoms with van der Waals surface area (Å²) in [6.07, 6.45) is 2.87. The Morgan fingerprint density at radius 2 is 0.565 bits per heavy atom. The molecule has 0 aromatic rings. The van der Waals surface area contributed by atoms with Crippen molar-refractivity contribution >= 4 is 15.8 Å². The molecular formula is C18H40I2NiP2. The predicted octanol–water partition coefficient (Wildman–Crippen LogP) is 1.15. The molecule has 0 amide bonds. The maximum atomic E-state index is 2.44. The van der Waals surface area contributed by atoms with Gasteiger partial charge in [-0.15, -0.1) is 0 Å². The van der Waals surface area contributed by atoms with Crippen molar-refractivity contribution in [1.29, 1.82) is 0 Å². The van der Waals surface area contributed by atoms with Gasteiger partial charge >= 0.3 is 16.5 Å². The molecule has 0 N–H and O–H groups in total. The second-order valence-electron chi connectivity index (χ2n) is 9.99. The summed E-state index contributed by atoms with van der Waals surface area (Å²) < 4.78 is 0. The average molecular weight is 631 g/mol. The van der Waals surface area contributed by atoms with Gasteiger partial charge in [-0.25, -0.2) is 0 Å². The van der Waals surface area contributed by atoms with E-state index in [1.54, 1.807) is 0 Å². The van der Waals surface area contributed by atoms with Gasteiger partial charge in [0.15, 0.2) is 0 Å². The normalized spacial score (nSPS) is 13.3. The third-order valence-corrected chi connectivity index (χ3v) is 12.0. The standard InChI is InChI=1S/C18H40P2.2HI.Ni/c1-15(2,3)19(16(4,5)6)13-14-20(17(7,8)9)18(10,11)12;;;/h13-14H2,1-12H3;2*1H;/q;;;+2/p-2. The van der Waals surface area contributed by atoms with E-state index in [1.807, 2.05) is 0 Å². The van der Waals surface area contributed by atoms with Gasteiger partial charge < -0.3 is 48.0 Å². The first kappa shape index (κ1) is 33.4. The molecule has 0 spiro atoms. The Labute approximate surface area is 194 Å². The zero-order valence-electron chi connectivity index (χ0n) is 17.4. The maximum Gasteiger partial charge on any atom is 2.00 e. The Morgan fingerprint density at radius 3 is 0.652 bits per heavy atom. The van der Waals surface area contributed by atoms with Crippen LogP contribution in [0.4, 0.5) is 0 Å². The van der Waals surface area contributed by atoms with Crippen LogP contribution < -0.4 is 48.0 Å². The molecule has 0 saturated heterocycles. The van der Waals surface area contributed by atoms with Gasteiger partial charge in [0.05, 0.1) is 0 Å². The summed E-state index contributed by atoms with van der Waals surface area (Å²) in [6.45, 7) is 29.3. The third kappa shape index (κ3) is 12.8. The molecule has 0 aliphatic rings. The van der Waals surface area contributed by atoms with E-state index >= 15 is 0 Å². The Balaban J connectivity index is -0.000000602. The van der Waals surface area contributed by atoms with Crippen LogP contribution in [0.5, 0.6) is 0 Å². The van der Waals surface area contributed by atoms with Crippen LogP contribution in [0.15, 0.2) is 0 Å². The van der Waals surface area contributed by atoms with Crippen molar-refractivity contribution in [3.63, 3.8) is 0 Å². The summed E-state index contributed by atoms with van der Waals surface area (Å²) in [7, 11) is 0.0933. The van der Waals surface area contributed by atoms with Gasteiger partial charge in [0.25, 0.3) is 0 Å². The fourth-order valence-electron chi connectivity index (χ4n) is 3.55. The zero-order chi connectivity index (χ0) is 16.6. The fourth-order valence-corrected chi connectivity index (χ4v) is 11.9. The topological polar surface area (TPSA) is 0 Å². The van der Waals surface area contributed by atoms with Crippen molar-refractivity contribution in [2.75, 3.05) is 12.3 Å². The molecule has 0 nitrogen and oxygen atoms in total. The van der Waals surface area contributed by atoms with Crippen molar-refractivity contribution in [3.8, 4) is 0 Å². The van der Waals surface area contributed by atoms with Crippen LogP contribution in [0.2, 0.25) is 0 Å². The van der Waals surface area contributed by atoms with Gasteiger partial charge in [0.1, 0.15) is 0 Å². The molecule has 5 heteroatoms. The Morgan fingerprint density at radius 1 is 0.435 bits per heavy atom. The molecule has 0 radical (unpaired) electrons. The van der Waals surface area contributed by atoms with Crippen LogP contribution in [-0.2, 0) is 16.5 Å². The Kier molecular flexibility index (Phi) is 16.9. The Bertz CT molecular complexity index is 247. The van der Waals surface area contributed by atoms with E-state index < -0.39 is 0 Å². The van der Waals surface area contributed by atoms with E-state index in [1.165, 1.54) is 12.3 Å². The third-order valence-electron chi connectivity index (χ3n) is 3.79. The van der Waals surface area contributed by atoms with E-state index in [-0.39, 0.29) is 80.3 Å². The van der Waals surface area contributed by atoms with Gasteiger partial charge in [0, 0.05) is 0 Å². The fraction of sp³-hybridized carbons (Fsp3) is 1.00. The Hall–Kier alpha value is 2.81. The summed E-state index contributed by atoms with van der Waals surface area (Å²) in [4.78, 5) is 0. The van der Waals surface area contributed by atoms with Crippen molar-refractivity contribution in [3.05, 3.63) is 0 Å². The smallest absolute Gasteiger partial charge is 1.00 e. The van der Waals surface area contributed by atoms with E-state index in [9.17, 15) is 0 Å². The SMILES string of the molecule is CC(C)(C)P(CCP(C(C)(C)C)C(C)(C)C)C(C)(C)C.[I-].[I-].[Ni+2]. The molecule has 0 rings (SSSR count). The first-order chi connectivity index (χ1) is 8.47. The summed E-state index contributed by atoms with van der Waals surface area (Å²) in [5.74, 6) is 0. The minimum absolute atomic E-state index is 0. The number of rotatable bonds is 3. The molecular weight excluding hydrogens is 591 g/mol. The van der Waals surface area contributed by atoms with Gasteiger partial charge in [-0.05, 0) is 32.9 Å². The second-order valence-corrected chi connectivity index (χ2v) is 18.0. The summed E-state index contributed by atoms with van der Waals surface area (Å²) in [5.41, 5.74) is 0. The largest absolute Gasteiger partial charge is 2.00 e. The van der Waals surface area contributed by atoms with E-state index in [2.05, 4.69) is 83.1 Å². The van der Waals surface area contributed by atoms with E-state index in [0.717, 1.165) is 0 Å². The first-order valence-electron chi connectivity index (χ1n) is 8.03. The molecule has 23 heavy (non-hydrogen) atoms. The molecule has 0 aromatic heterocycles. The summed E-state index contributed by atoms with van der Waals surface area (Å²) in [6, 6.07) is 0. The zero-order valence-corrected chi connectivity index (χ0v) is 24.5. The van der Waals surface area contributed by atoms with E-state index in [0.29, 0.717) is 20.6 Å². The molecule has 0 atom stereocenters. The van der Waals surface area contributed by atoms with Crippen molar-refractivity contribution in [2.45, 2.75) is 104 Å². The maximum absolute atomic E-state index is 2.44. The molecule has 0 aliphatic heterocycles. The monoisotopic (exact) mass is 630 g/mol. The molecule has 0 aromatic carbocycles. The average Bonchev–Trinajstić information content (AvgIpc) is 2.02. The molecule has 0 aliphatic carbocycles. The van der Waals surface area contributed by atoms with Gasteiger partial charge in [-0.1, -0.05) is 98.9 Å². The minimum atomic E-state index is 0. The first-order valence-corrected chi connectivity index (χ1v) is 11.1. The minimum Gasteiger partial charge on any atom is -1.00 e. The van der Waals surface area contributed by atoms with E-state index in [4.69, 9.17) is 0 Å². The van der Waals surface area contributed by atoms with Crippen LogP contribution in [0.1, 0.15) is 83.1 Å². The number of hydrogen-bond donors (Lipinski definition) is 0. The van der Waals surface area contributed by atoms with Crippen LogP contribution in [0, 0.1) is 0 Å². The second kappa shape index (κ2) is 11.6. The molecule has 0 saturated carbocycles. The van der Waals surface area contributed by atoms with Crippen molar-refractivity contribution in [1.82, 2.24) is 0 Å².